The fraction of sp³-hybridized carbons (Fsp3) is 0.200. The molecule has 1 aromatic rings. The van der Waals surface area contributed by atoms with Gasteiger partial charge in [0.15, 0.2) is 10.9 Å². The van der Waals surface area contributed by atoms with Crippen LogP contribution in [-0.2, 0) is 4.74 Å². The second kappa shape index (κ2) is 7.17. The van der Waals surface area contributed by atoms with E-state index in [1.165, 1.54) is 12.4 Å². The van der Waals surface area contributed by atoms with Gasteiger partial charge in [0.05, 0.1) is 24.7 Å². The number of nitrogens with two attached hydrogens (primary N) is 1. The fourth-order valence-corrected chi connectivity index (χ4v) is 0.987. The van der Waals surface area contributed by atoms with Crippen molar-refractivity contribution in [1.82, 2.24) is 10.4 Å². The molecule has 7 nitrogen and oxygen atoms in total. The van der Waals surface area contributed by atoms with Crippen molar-refractivity contribution in [3.63, 3.8) is 0 Å². The minimum absolute atomic E-state index is 0.0634. The Hall–Kier alpha value is -2.22. The molecule has 1 rings (SSSR count). The van der Waals surface area contributed by atoms with Crippen LogP contribution in [0.5, 0.6) is 5.75 Å². The molecule has 0 spiro atoms. The zero-order valence-corrected chi connectivity index (χ0v) is 10.4. The topological polar surface area (TPSA) is 98.8 Å². The van der Waals surface area contributed by atoms with Gasteiger partial charge in [-0.15, -0.1) is 0 Å². The SMILES string of the molecule is CCOC(=O)Oc1ccc(C=NNC(N)=S)nc1. The molecule has 3 N–H and O–H groups in total. The number of ether oxygens (including phenoxy) is 2. The molecule has 0 bridgehead atoms. The van der Waals surface area contributed by atoms with Crippen LogP contribution in [0.1, 0.15) is 12.6 Å². The van der Waals surface area contributed by atoms with E-state index in [0.29, 0.717) is 5.69 Å². The lowest BCUT2D eigenvalue weighted by Crippen LogP contribution is -2.24. The van der Waals surface area contributed by atoms with Crippen LogP contribution < -0.4 is 15.9 Å². The quantitative estimate of drug-likeness (QED) is 0.360. The summed E-state index contributed by atoms with van der Waals surface area (Å²) in [7, 11) is 0. The maximum absolute atomic E-state index is 11.0. The lowest BCUT2D eigenvalue weighted by Gasteiger charge is -2.03. The van der Waals surface area contributed by atoms with E-state index in [-0.39, 0.29) is 17.5 Å². The van der Waals surface area contributed by atoms with Gasteiger partial charge in [0.2, 0.25) is 0 Å². The summed E-state index contributed by atoms with van der Waals surface area (Å²) in [6.45, 7) is 1.94. The highest BCUT2D eigenvalue weighted by atomic mass is 32.1. The van der Waals surface area contributed by atoms with Crippen LogP contribution in [0.25, 0.3) is 0 Å². The summed E-state index contributed by atoms with van der Waals surface area (Å²) < 4.78 is 9.44. The number of carbonyl (C=O) groups is 1. The number of nitrogens with zero attached hydrogens (tertiary/aromatic N) is 2. The molecule has 0 aliphatic heterocycles. The molecule has 0 fully saturated rings. The molecule has 1 heterocycles. The first-order valence-electron chi connectivity index (χ1n) is 5.01. The van der Waals surface area contributed by atoms with Crippen molar-refractivity contribution in [3.05, 3.63) is 24.0 Å². The minimum Gasteiger partial charge on any atom is -0.434 e. The van der Waals surface area contributed by atoms with Gasteiger partial charge in [0.1, 0.15) is 0 Å². The number of thiocarbonyl (C=S) groups is 1. The van der Waals surface area contributed by atoms with Crippen molar-refractivity contribution in [2.75, 3.05) is 6.61 Å². The van der Waals surface area contributed by atoms with Crippen molar-refractivity contribution < 1.29 is 14.3 Å². The van der Waals surface area contributed by atoms with Gasteiger partial charge in [-0.1, -0.05) is 0 Å². The largest absolute Gasteiger partial charge is 0.513 e. The van der Waals surface area contributed by atoms with Gasteiger partial charge in [-0.25, -0.2) is 4.79 Å². The van der Waals surface area contributed by atoms with Gasteiger partial charge in [-0.2, -0.15) is 5.10 Å². The summed E-state index contributed by atoms with van der Waals surface area (Å²) in [6.07, 6.45) is 2.03. The maximum atomic E-state index is 11.0. The van der Waals surface area contributed by atoms with Gasteiger partial charge < -0.3 is 15.2 Å². The average molecular weight is 268 g/mol. The lowest BCUT2D eigenvalue weighted by molar-refractivity contribution is 0.104. The average Bonchev–Trinajstić information content (AvgIpc) is 2.31. The number of hydrazone groups is 1. The summed E-state index contributed by atoms with van der Waals surface area (Å²) in [5, 5.41) is 3.79. The predicted octanol–water partition coefficient (Wildman–Crippen LogP) is 0.784. The number of carbonyl (C=O) groups excluding carboxylic acids is 1. The molecular weight excluding hydrogens is 256 g/mol. The summed E-state index contributed by atoms with van der Waals surface area (Å²) in [5.41, 5.74) is 8.12. The van der Waals surface area contributed by atoms with E-state index in [0.717, 1.165) is 0 Å². The predicted molar refractivity (Wildman–Crippen MR) is 69.4 cm³/mol. The maximum Gasteiger partial charge on any atom is 0.513 e. The standard InChI is InChI=1S/C10H12N4O3S/c1-2-16-10(15)17-8-4-3-7(12-6-8)5-13-14-9(11)18/h3-6H,2H2,1H3,(H3,11,14,18). The molecule has 0 radical (unpaired) electrons. The van der Waals surface area contributed by atoms with Crippen molar-refractivity contribution in [3.8, 4) is 5.75 Å². The molecule has 1 aromatic heterocycles. The molecule has 8 heteroatoms. The first-order valence-corrected chi connectivity index (χ1v) is 5.41. The van der Waals surface area contributed by atoms with Crippen molar-refractivity contribution in [2.45, 2.75) is 6.92 Å². The van der Waals surface area contributed by atoms with E-state index in [1.54, 1.807) is 19.1 Å². The van der Waals surface area contributed by atoms with Crippen LogP contribution in [0.4, 0.5) is 4.79 Å². The first kappa shape index (κ1) is 13.8. The fourth-order valence-electron chi connectivity index (χ4n) is 0.934. The summed E-state index contributed by atoms with van der Waals surface area (Å²) in [5.74, 6) is 0.285. The Bertz CT molecular complexity index is 447. The van der Waals surface area contributed by atoms with Crippen LogP contribution in [0, 0.1) is 0 Å². The Kier molecular flexibility index (Phi) is 5.52. The first-order chi connectivity index (χ1) is 8.61. The van der Waals surface area contributed by atoms with Crippen LogP contribution in [0.15, 0.2) is 23.4 Å². The van der Waals surface area contributed by atoms with Crippen LogP contribution in [0.2, 0.25) is 0 Å². The molecule has 0 saturated carbocycles. The van der Waals surface area contributed by atoms with Crippen molar-refractivity contribution in [1.29, 1.82) is 0 Å². The second-order valence-electron chi connectivity index (χ2n) is 2.94. The van der Waals surface area contributed by atoms with Gasteiger partial charge in [0.25, 0.3) is 0 Å². The Balaban J connectivity index is 2.54. The minimum atomic E-state index is -0.768. The van der Waals surface area contributed by atoms with Crippen LogP contribution in [0.3, 0.4) is 0 Å². The second-order valence-corrected chi connectivity index (χ2v) is 3.38. The number of rotatable bonds is 4. The summed E-state index contributed by atoms with van der Waals surface area (Å²) in [4.78, 5) is 15.0. The van der Waals surface area contributed by atoms with Gasteiger partial charge >= 0.3 is 6.16 Å². The molecule has 0 saturated heterocycles. The van der Waals surface area contributed by atoms with E-state index < -0.39 is 6.16 Å². The third-order valence-corrected chi connectivity index (χ3v) is 1.69. The Morgan fingerprint density at radius 1 is 1.67 bits per heavy atom. The number of pyridine rings is 1. The number of hydrogen-bond donors (Lipinski definition) is 2. The third kappa shape index (κ3) is 5.21. The van der Waals surface area contributed by atoms with Crippen molar-refractivity contribution in [2.24, 2.45) is 10.8 Å². The van der Waals surface area contributed by atoms with Crippen LogP contribution >= 0.6 is 12.2 Å². The third-order valence-electron chi connectivity index (χ3n) is 1.59. The Labute approximate surface area is 109 Å². The van der Waals surface area contributed by atoms with Crippen LogP contribution in [-0.4, -0.2) is 29.1 Å². The van der Waals surface area contributed by atoms with Crippen molar-refractivity contribution >= 4 is 29.7 Å². The Morgan fingerprint density at radius 3 is 3.00 bits per heavy atom. The molecule has 18 heavy (non-hydrogen) atoms. The van der Waals surface area contributed by atoms with Gasteiger partial charge in [0, 0.05) is 0 Å². The zero-order valence-electron chi connectivity index (χ0n) is 9.62. The highest BCUT2D eigenvalue weighted by Gasteiger charge is 2.04. The number of hydrogen-bond acceptors (Lipinski definition) is 6. The molecule has 0 atom stereocenters. The van der Waals surface area contributed by atoms with E-state index in [4.69, 9.17) is 10.5 Å². The molecule has 0 unspecified atom stereocenters. The number of nitrogens with one attached hydrogen (secondary N) is 1. The van der Waals surface area contributed by atoms with Gasteiger partial charge in [-0.05, 0) is 31.3 Å². The van der Waals surface area contributed by atoms with Gasteiger partial charge in [-0.3, -0.25) is 10.4 Å². The monoisotopic (exact) mass is 268 g/mol. The smallest absolute Gasteiger partial charge is 0.434 e. The highest BCUT2D eigenvalue weighted by Crippen LogP contribution is 2.09. The molecule has 0 amide bonds. The molecule has 0 aliphatic carbocycles. The summed E-state index contributed by atoms with van der Waals surface area (Å²) >= 11 is 4.57. The van der Waals surface area contributed by atoms with E-state index in [1.807, 2.05) is 0 Å². The normalized spacial score (nSPS) is 10.1. The molecular formula is C10H12N4O3S. The summed E-state index contributed by atoms with van der Waals surface area (Å²) in [6, 6.07) is 3.17. The lowest BCUT2D eigenvalue weighted by atomic mass is 10.3. The van der Waals surface area contributed by atoms with E-state index in [9.17, 15) is 4.79 Å². The Morgan fingerprint density at radius 2 is 2.44 bits per heavy atom. The molecule has 96 valence electrons. The number of aromatic nitrogens is 1. The highest BCUT2D eigenvalue weighted by molar-refractivity contribution is 7.80. The molecule has 0 aromatic carbocycles. The zero-order chi connectivity index (χ0) is 13.4. The van der Waals surface area contributed by atoms with E-state index >= 15 is 0 Å². The van der Waals surface area contributed by atoms with E-state index in [2.05, 4.69) is 32.5 Å². The molecule has 0 aliphatic rings.